The van der Waals surface area contributed by atoms with Crippen molar-refractivity contribution in [3.8, 4) is 23.8 Å². The SMILES string of the molecule is COc1c(O)ccc(C2N=C(NC#N)Nc3nc(N)c(C#N)c(N)c32)c1Cl. The number of hydrogen-bond acceptors (Lipinski definition) is 10. The molecule has 0 bridgehead atoms. The predicted octanol–water partition coefficient (Wildman–Crippen LogP) is 1.43. The number of hydrogen-bond donors (Lipinski definition) is 5. The number of fused-ring (bicyclic) bond motifs is 1. The Labute approximate surface area is 158 Å². The van der Waals surface area contributed by atoms with Gasteiger partial charge in [-0.15, -0.1) is 0 Å². The average molecular weight is 385 g/mol. The number of nitrogens with one attached hydrogen (secondary N) is 2. The van der Waals surface area contributed by atoms with E-state index in [1.54, 1.807) is 6.19 Å². The zero-order valence-corrected chi connectivity index (χ0v) is 14.7. The van der Waals surface area contributed by atoms with Crippen LogP contribution in [0.4, 0.5) is 17.3 Å². The molecular weight excluding hydrogens is 372 g/mol. The minimum atomic E-state index is -0.834. The number of pyridine rings is 1. The third kappa shape index (κ3) is 2.84. The molecule has 0 spiro atoms. The van der Waals surface area contributed by atoms with Crippen LogP contribution in [0.25, 0.3) is 0 Å². The molecule has 11 heteroatoms. The standard InChI is InChI=1S/C16H13ClN8O2/c1-27-13-8(26)3-2-6(10(13)17)12-9-11(20)7(4-18)14(21)24-15(9)25-16(23-12)22-5-19/h2-3,12,26H,1H3,(H6,20,21,22,23,24,25). The van der Waals surface area contributed by atoms with E-state index in [9.17, 15) is 10.4 Å². The zero-order valence-electron chi connectivity index (χ0n) is 13.9. The van der Waals surface area contributed by atoms with Gasteiger partial charge in [0.05, 0.1) is 17.8 Å². The van der Waals surface area contributed by atoms with E-state index in [0.717, 1.165) is 0 Å². The lowest BCUT2D eigenvalue weighted by molar-refractivity contribution is 0.373. The van der Waals surface area contributed by atoms with Crippen LogP contribution in [-0.4, -0.2) is 23.2 Å². The number of aromatic nitrogens is 1. The second kappa shape index (κ2) is 6.78. The summed E-state index contributed by atoms with van der Waals surface area (Å²) in [6.07, 6.45) is 1.75. The number of anilines is 3. The van der Waals surface area contributed by atoms with Crippen molar-refractivity contribution in [2.24, 2.45) is 4.99 Å². The van der Waals surface area contributed by atoms with Crippen LogP contribution in [0.15, 0.2) is 17.1 Å². The fraction of sp³-hybridized carbons (Fsp3) is 0.125. The first kappa shape index (κ1) is 17.9. The summed E-state index contributed by atoms with van der Waals surface area (Å²) >= 11 is 6.39. The Hall–Kier alpha value is -3.89. The van der Waals surface area contributed by atoms with Gasteiger partial charge in [0.15, 0.2) is 17.7 Å². The van der Waals surface area contributed by atoms with Gasteiger partial charge in [0.2, 0.25) is 5.96 Å². The highest BCUT2D eigenvalue weighted by Crippen LogP contribution is 2.46. The molecule has 136 valence electrons. The summed E-state index contributed by atoms with van der Waals surface area (Å²) in [5.74, 6) is 0.161. The van der Waals surface area contributed by atoms with E-state index in [4.69, 9.17) is 33.1 Å². The molecule has 1 aliphatic heterocycles. The van der Waals surface area contributed by atoms with E-state index in [-0.39, 0.29) is 45.4 Å². The van der Waals surface area contributed by atoms with Gasteiger partial charge in [0.25, 0.3) is 0 Å². The summed E-state index contributed by atoms with van der Waals surface area (Å²) in [6.45, 7) is 0. The van der Waals surface area contributed by atoms with Crippen molar-refractivity contribution >= 4 is 34.9 Å². The first-order valence-electron chi connectivity index (χ1n) is 7.47. The third-order valence-corrected chi connectivity index (χ3v) is 4.35. The van der Waals surface area contributed by atoms with E-state index in [0.29, 0.717) is 11.1 Å². The van der Waals surface area contributed by atoms with Gasteiger partial charge in [-0.2, -0.15) is 10.5 Å². The second-order valence-electron chi connectivity index (χ2n) is 5.42. The minimum absolute atomic E-state index is 0.00862. The molecule has 27 heavy (non-hydrogen) atoms. The maximum atomic E-state index is 9.91. The molecule has 0 saturated heterocycles. The number of phenolic OH excluding ortho intramolecular Hbond substituents is 1. The monoisotopic (exact) mass is 384 g/mol. The van der Waals surface area contributed by atoms with Gasteiger partial charge in [-0.1, -0.05) is 17.7 Å². The number of aromatic hydroxyl groups is 1. The molecule has 10 nitrogen and oxygen atoms in total. The van der Waals surface area contributed by atoms with Gasteiger partial charge in [0, 0.05) is 11.1 Å². The Balaban J connectivity index is 2.31. The predicted molar refractivity (Wildman–Crippen MR) is 99.1 cm³/mol. The number of rotatable bonds is 2. The molecular formula is C16H13ClN8O2. The fourth-order valence-electron chi connectivity index (χ4n) is 2.77. The summed E-state index contributed by atoms with van der Waals surface area (Å²) in [7, 11) is 1.36. The van der Waals surface area contributed by atoms with E-state index in [1.807, 2.05) is 6.07 Å². The largest absolute Gasteiger partial charge is 0.504 e. The van der Waals surface area contributed by atoms with Crippen LogP contribution >= 0.6 is 11.6 Å². The van der Waals surface area contributed by atoms with E-state index < -0.39 is 6.04 Å². The normalized spacial score (nSPS) is 14.8. The Morgan fingerprint density at radius 2 is 2.11 bits per heavy atom. The molecule has 7 N–H and O–H groups in total. The highest BCUT2D eigenvalue weighted by molar-refractivity contribution is 6.33. The maximum Gasteiger partial charge on any atom is 0.211 e. The van der Waals surface area contributed by atoms with Crippen LogP contribution in [0.5, 0.6) is 11.5 Å². The Morgan fingerprint density at radius 3 is 2.74 bits per heavy atom. The summed E-state index contributed by atoms with van der Waals surface area (Å²) < 4.78 is 5.13. The van der Waals surface area contributed by atoms with Crippen LogP contribution in [-0.2, 0) is 0 Å². The number of guanidine groups is 1. The maximum absolute atomic E-state index is 9.91. The van der Waals surface area contributed by atoms with Crippen molar-refractivity contribution in [3.05, 3.63) is 33.8 Å². The smallest absolute Gasteiger partial charge is 0.211 e. The number of halogens is 1. The van der Waals surface area contributed by atoms with Crippen LogP contribution in [0.2, 0.25) is 5.02 Å². The highest BCUT2D eigenvalue weighted by Gasteiger charge is 2.32. The lowest BCUT2D eigenvalue weighted by Crippen LogP contribution is -2.32. The lowest BCUT2D eigenvalue weighted by Gasteiger charge is -2.27. The third-order valence-electron chi connectivity index (χ3n) is 3.96. The molecule has 2 aromatic rings. The fourth-order valence-corrected chi connectivity index (χ4v) is 3.11. The van der Waals surface area contributed by atoms with Crippen molar-refractivity contribution in [1.82, 2.24) is 10.3 Å². The molecule has 2 heterocycles. The van der Waals surface area contributed by atoms with Crippen LogP contribution in [0.1, 0.15) is 22.7 Å². The molecule has 0 aliphatic carbocycles. The van der Waals surface area contributed by atoms with E-state index in [1.165, 1.54) is 19.2 Å². The molecule has 1 aliphatic rings. The molecule has 1 aromatic carbocycles. The Bertz CT molecular complexity index is 1050. The minimum Gasteiger partial charge on any atom is -0.504 e. The molecule has 3 rings (SSSR count). The topological polar surface area (TPSA) is 178 Å². The van der Waals surface area contributed by atoms with Crippen molar-refractivity contribution < 1.29 is 9.84 Å². The van der Waals surface area contributed by atoms with Crippen LogP contribution in [0.3, 0.4) is 0 Å². The lowest BCUT2D eigenvalue weighted by atomic mass is 9.94. The highest BCUT2D eigenvalue weighted by atomic mass is 35.5. The van der Waals surface area contributed by atoms with Crippen LogP contribution < -0.4 is 26.8 Å². The van der Waals surface area contributed by atoms with Crippen molar-refractivity contribution in [3.63, 3.8) is 0 Å². The number of nitriles is 2. The molecule has 1 aromatic heterocycles. The molecule has 0 amide bonds. The molecule has 0 saturated carbocycles. The number of phenols is 1. The summed E-state index contributed by atoms with van der Waals surface area (Å²) in [4.78, 5) is 8.55. The Morgan fingerprint density at radius 1 is 1.37 bits per heavy atom. The van der Waals surface area contributed by atoms with Gasteiger partial charge in [-0.05, 0) is 6.07 Å². The second-order valence-corrected chi connectivity index (χ2v) is 5.80. The van der Waals surface area contributed by atoms with E-state index >= 15 is 0 Å². The van der Waals surface area contributed by atoms with Crippen LogP contribution in [0, 0.1) is 22.8 Å². The number of nitrogen functional groups attached to an aromatic ring is 2. The average Bonchev–Trinajstić information content (AvgIpc) is 2.62. The van der Waals surface area contributed by atoms with Gasteiger partial charge in [-0.25, -0.2) is 9.98 Å². The number of nitrogens with zero attached hydrogens (tertiary/aromatic N) is 4. The Kier molecular flexibility index (Phi) is 4.50. The molecule has 1 atom stereocenters. The van der Waals surface area contributed by atoms with Gasteiger partial charge in [-0.3, -0.25) is 5.32 Å². The van der Waals surface area contributed by atoms with Gasteiger partial charge in [0.1, 0.15) is 29.3 Å². The number of ether oxygens (including phenoxy) is 1. The summed E-state index contributed by atoms with van der Waals surface area (Å²) in [5.41, 5.74) is 12.8. The summed E-state index contributed by atoms with van der Waals surface area (Å²) in [6, 6.07) is 4.01. The first-order chi connectivity index (χ1) is 12.9. The molecule has 1 unspecified atom stereocenters. The quantitative estimate of drug-likeness (QED) is 0.378. The van der Waals surface area contributed by atoms with Crippen molar-refractivity contribution in [2.45, 2.75) is 6.04 Å². The number of nitrogens with two attached hydrogens (primary N) is 2. The zero-order chi connectivity index (χ0) is 19.7. The van der Waals surface area contributed by atoms with E-state index in [2.05, 4.69) is 20.6 Å². The summed E-state index contributed by atoms with van der Waals surface area (Å²) in [5, 5.41) is 33.4. The van der Waals surface area contributed by atoms with Gasteiger partial charge < -0.3 is 26.6 Å². The number of aliphatic imine (C=N–C) groups is 1. The number of methoxy groups -OCH3 is 1. The van der Waals surface area contributed by atoms with Crippen molar-refractivity contribution in [1.29, 1.82) is 10.5 Å². The molecule has 0 radical (unpaired) electrons. The molecule has 0 fully saturated rings. The van der Waals surface area contributed by atoms with Gasteiger partial charge >= 0.3 is 0 Å². The first-order valence-corrected chi connectivity index (χ1v) is 7.84. The number of benzene rings is 1. The van der Waals surface area contributed by atoms with Crippen molar-refractivity contribution in [2.75, 3.05) is 23.9 Å².